The summed E-state index contributed by atoms with van der Waals surface area (Å²) >= 11 is 1.65. The highest BCUT2D eigenvalue weighted by atomic mass is 32.1. The van der Waals surface area contributed by atoms with Crippen LogP contribution in [-0.2, 0) is 0 Å². The number of aromatic nitrogens is 2. The molecule has 7 nitrogen and oxygen atoms in total. The SMILES string of the molecule is CC(C)c1noc(-c2ccc(NC(=O)NCC(c3ccsc3)N(C)C)cc2)n1. The highest BCUT2D eigenvalue weighted by molar-refractivity contribution is 7.07. The largest absolute Gasteiger partial charge is 0.336 e. The number of nitrogens with zero attached hydrogens (tertiary/aromatic N) is 3. The van der Waals surface area contributed by atoms with Crippen LogP contribution in [0.1, 0.15) is 37.2 Å². The number of amides is 2. The van der Waals surface area contributed by atoms with Gasteiger partial charge in [-0.2, -0.15) is 16.3 Å². The van der Waals surface area contributed by atoms with E-state index in [1.54, 1.807) is 11.3 Å². The van der Waals surface area contributed by atoms with Crippen molar-refractivity contribution in [2.75, 3.05) is 26.0 Å². The number of thiophene rings is 1. The summed E-state index contributed by atoms with van der Waals surface area (Å²) in [4.78, 5) is 18.7. The van der Waals surface area contributed by atoms with Gasteiger partial charge in [0.15, 0.2) is 5.82 Å². The summed E-state index contributed by atoms with van der Waals surface area (Å²) < 4.78 is 5.29. The minimum atomic E-state index is -0.241. The maximum atomic E-state index is 12.3. The van der Waals surface area contributed by atoms with Gasteiger partial charge in [-0.25, -0.2) is 4.79 Å². The maximum Gasteiger partial charge on any atom is 0.319 e. The Balaban J connectivity index is 1.56. The third-order valence-corrected chi connectivity index (χ3v) is 5.06. The first kappa shape index (κ1) is 20.0. The molecule has 2 aromatic heterocycles. The van der Waals surface area contributed by atoms with Crippen molar-refractivity contribution < 1.29 is 9.32 Å². The number of carbonyl (C=O) groups is 1. The zero-order valence-electron chi connectivity index (χ0n) is 16.5. The van der Waals surface area contributed by atoms with Crippen LogP contribution >= 0.6 is 11.3 Å². The second-order valence-corrected chi connectivity index (χ2v) is 7.84. The molecular weight excluding hydrogens is 374 g/mol. The zero-order chi connectivity index (χ0) is 20.1. The smallest absolute Gasteiger partial charge is 0.319 e. The average Bonchev–Trinajstić information content (AvgIpc) is 3.34. The molecule has 3 rings (SSSR count). The third-order valence-electron chi connectivity index (χ3n) is 4.36. The van der Waals surface area contributed by atoms with Crippen LogP contribution in [0.3, 0.4) is 0 Å². The number of urea groups is 1. The first-order valence-electron chi connectivity index (χ1n) is 9.11. The Morgan fingerprint density at radius 2 is 1.96 bits per heavy atom. The van der Waals surface area contributed by atoms with Crippen LogP contribution < -0.4 is 10.6 Å². The highest BCUT2D eigenvalue weighted by Crippen LogP contribution is 2.22. The van der Waals surface area contributed by atoms with Gasteiger partial charge < -0.3 is 20.1 Å². The lowest BCUT2D eigenvalue weighted by molar-refractivity contribution is 0.243. The fourth-order valence-electron chi connectivity index (χ4n) is 2.71. The van der Waals surface area contributed by atoms with Gasteiger partial charge >= 0.3 is 6.03 Å². The first-order valence-corrected chi connectivity index (χ1v) is 10.1. The van der Waals surface area contributed by atoms with Crippen molar-refractivity contribution >= 4 is 23.1 Å². The Morgan fingerprint density at radius 1 is 1.21 bits per heavy atom. The Morgan fingerprint density at radius 3 is 2.54 bits per heavy atom. The van der Waals surface area contributed by atoms with Gasteiger partial charge in [0, 0.05) is 23.7 Å². The van der Waals surface area contributed by atoms with Crippen LogP contribution in [0.5, 0.6) is 0 Å². The summed E-state index contributed by atoms with van der Waals surface area (Å²) in [5.74, 6) is 1.36. The van der Waals surface area contributed by atoms with E-state index in [2.05, 4.69) is 37.1 Å². The van der Waals surface area contributed by atoms with Crippen molar-refractivity contribution in [2.24, 2.45) is 0 Å². The number of benzene rings is 1. The molecule has 0 bridgehead atoms. The van der Waals surface area contributed by atoms with Crippen molar-refractivity contribution in [2.45, 2.75) is 25.8 Å². The number of anilines is 1. The molecular formula is C20H25N5O2S. The van der Waals surface area contributed by atoms with Gasteiger partial charge in [0.1, 0.15) is 0 Å². The van der Waals surface area contributed by atoms with Crippen LogP contribution in [0.2, 0.25) is 0 Å². The van der Waals surface area contributed by atoms with E-state index in [4.69, 9.17) is 4.52 Å². The molecule has 0 saturated carbocycles. The van der Waals surface area contributed by atoms with Gasteiger partial charge in [-0.3, -0.25) is 0 Å². The second kappa shape index (κ2) is 8.99. The fourth-order valence-corrected chi connectivity index (χ4v) is 3.42. The molecule has 0 aliphatic heterocycles. The lowest BCUT2D eigenvalue weighted by atomic mass is 10.1. The van der Waals surface area contributed by atoms with E-state index in [9.17, 15) is 4.79 Å². The van der Waals surface area contributed by atoms with E-state index in [-0.39, 0.29) is 18.0 Å². The van der Waals surface area contributed by atoms with E-state index in [1.165, 1.54) is 5.56 Å². The number of hydrogen-bond donors (Lipinski definition) is 2. The number of nitrogens with one attached hydrogen (secondary N) is 2. The molecule has 3 aromatic rings. The summed E-state index contributed by atoms with van der Waals surface area (Å²) in [5, 5.41) is 13.9. The molecule has 0 radical (unpaired) electrons. The van der Waals surface area contributed by atoms with Crippen LogP contribution in [0.25, 0.3) is 11.5 Å². The molecule has 1 aromatic carbocycles. The standard InChI is InChI=1S/C20H25N5O2S/c1-13(2)18-23-19(27-24-18)14-5-7-16(8-6-14)22-20(26)21-11-17(25(3)4)15-9-10-28-12-15/h5-10,12-13,17H,11H2,1-4H3,(H2,21,22,26). The maximum absolute atomic E-state index is 12.3. The van der Waals surface area contributed by atoms with Crippen molar-refractivity contribution in [3.63, 3.8) is 0 Å². The van der Waals surface area contributed by atoms with Crippen LogP contribution in [0, 0.1) is 0 Å². The minimum absolute atomic E-state index is 0.132. The minimum Gasteiger partial charge on any atom is -0.336 e. The Hall–Kier alpha value is -2.71. The summed E-state index contributed by atoms with van der Waals surface area (Å²) in [6, 6.07) is 9.30. The lowest BCUT2D eigenvalue weighted by Crippen LogP contribution is -2.36. The summed E-state index contributed by atoms with van der Waals surface area (Å²) in [7, 11) is 4.01. The molecule has 8 heteroatoms. The molecule has 1 atom stereocenters. The quantitative estimate of drug-likeness (QED) is 0.617. The van der Waals surface area contributed by atoms with E-state index >= 15 is 0 Å². The van der Waals surface area contributed by atoms with Gasteiger partial charge in [0.25, 0.3) is 5.89 Å². The predicted molar refractivity (Wildman–Crippen MR) is 112 cm³/mol. The van der Waals surface area contributed by atoms with Gasteiger partial charge in [-0.15, -0.1) is 0 Å². The summed E-state index contributed by atoms with van der Waals surface area (Å²) in [5.41, 5.74) is 2.71. The number of hydrogen-bond acceptors (Lipinski definition) is 6. The molecule has 1 unspecified atom stereocenters. The Kier molecular flexibility index (Phi) is 6.43. The summed E-state index contributed by atoms with van der Waals surface area (Å²) in [6.45, 7) is 4.55. The monoisotopic (exact) mass is 399 g/mol. The van der Waals surface area contributed by atoms with Gasteiger partial charge in [-0.1, -0.05) is 19.0 Å². The summed E-state index contributed by atoms with van der Waals surface area (Å²) in [6.07, 6.45) is 0. The predicted octanol–water partition coefficient (Wildman–Crippen LogP) is 4.35. The Bertz CT molecular complexity index is 888. The third kappa shape index (κ3) is 4.96. The van der Waals surface area contributed by atoms with Gasteiger partial charge in [-0.05, 0) is 60.8 Å². The molecule has 0 fully saturated rings. The number of rotatable bonds is 7. The molecule has 28 heavy (non-hydrogen) atoms. The number of carbonyl (C=O) groups excluding carboxylic acids is 1. The lowest BCUT2D eigenvalue weighted by Gasteiger charge is -2.24. The fraction of sp³-hybridized carbons (Fsp3) is 0.350. The zero-order valence-corrected chi connectivity index (χ0v) is 17.3. The van der Waals surface area contributed by atoms with E-state index in [0.717, 1.165) is 5.56 Å². The van der Waals surface area contributed by atoms with Gasteiger partial charge in [0.2, 0.25) is 0 Å². The van der Waals surface area contributed by atoms with Crippen molar-refractivity contribution in [1.29, 1.82) is 0 Å². The molecule has 0 spiro atoms. The van der Waals surface area contributed by atoms with Gasteiger partial charge in [0.05, 0.1) is 6.04 Å². The second-order valence-electron chi connectivity index (χ2n) is 7.06. The highest BCUT2D eigenvalue weighted by Gasteiger charge is 2.16. The van der Waals surface area contributed by atoms with E-state index in [1.807, 2.05) is 57.6 Å². The van der Waals surface area contributed by atoms with Crippen LogP contribution in [-0.4, -0.2) is 41.7 Å². The number of likely N-dealkylation sites (N-methyl/N-ethyl adjacent to an activating group) is 1. The van der Waals surface area contributed by atoms with Crippen LogP contribution in [0.4, 0.5) is 10.5 Å². The van der Waals surface area contributed by atoms with Crippen molar-refractivity contribution in [1.82, 2.24) is 20.4 Å². The molecule has 0 aliphatic rings. The average molecular weight is 400 g/mol. The molecule has 0 aliphatic carbocycles. The van der Waals surface area contributed by atoms with Crippen molar-refractivity contribution in [3.8, 4) is 11.5 Å². The molecule has 2 heterocycles. The topological polar surface area (TPSA) is 83.3 Å². The molecule has 148 valence electrons. The van der Waals surface area contributed by atoms with Crippen LogP contribution in [0.15, 0.2) is 45.6 Å². The Labute approximate surface area is 168 Å². The normalized spacial score (nSPS) is 12.4. The van der Waals surface area contributed by atoms with E-state index in [0.29, 0.717) is 23.9 Å². The van der Waals surface area contributed by atoms with E-state index < -0.39 is 0 Å². The molecule has 2 N–H and O–H groups in total. The van der Waals surface area contributed by atoms with Crippen molar-refractivity contribution in [3.05, 3.63) is 52.5 Å². The first-order chi connectivity index (χ1) is 13.4. The molecule has 2 amide bonds. The molecule has 0 saturated heterocycles.